The smallest absolute Gasteiger partial charge is 0.256 e. The number of para-hydroxylation sites is 1. The highest BCUT2D eigenvalue weighted by atomic mass is 16.5. The van der Waals surface area contributed by atoms with Gasteiger partial charge in [-0.05, 0) is 48.4 Å². The van der Waals surface area contributed by atoms with E-state index in [4.69, 9.17) is 4.74 Å². The normalized spacial score (nSPS) is 13.7. The first-order valence-electron chi connectivity index (χ1n) is 9.82. The van der Waals surface area contributed by atoms with Gasteiger partial charge in [0.1, 0.15) is 5.75 Å². The van der Waals surface area contributed by atoms with E-state index in [0.29, 0.717) is 12.2 Å². The third kappa shape index (κ3) is 3.96. The highest BCUT2D eigenvalue weighted by Gasteiger charge is 2.25. The number of carbonyl (C=O) groups is 2. The van der Waals surface area contributed by atoms with Gasteiger partial charge in [0.2, 0.25) is 5.91 Å². The lowest BCUT2D eigenvalue weighted by molar-refractivity contribution is -0.114. The summed E-state index contributed by atoms with van der Waals surface area (Å²) in [6, 6.07) is 21.2. The lowest BCUT2D eigenvalue weighted by atomic mass is 9.99. The van der Waals surface area contributed by atoms with Crippen molar-refractivity contribution < 1.29 is 14.3 Å². The third-order valence-electron chi connectivity index (χ3n) is 4.84. The number of carbonyl (C=O) groups excluding carboxylic acids is 2. The molecule has 5 nitrogen and oxygen atoms in total. The lowest BCUT2D eigenvalue weighted by Crippen LogP contribution is -2.05. The van der Waals surface area contributed by atoms with Crippen molar-refractivity contribution in [2.24, 2.45) is 0 Å². The van der Waals surface area contributed by atoms with Gasteiger partial charge in [0.15, 0.2) is 0 Å². The summed E-state index contributed by atoms with van der Waals surface area (Å²) in [6.45, 7) is 3.98. The first-order chi connectivity index (χ1) is 14.5. The number of ether oxygens (including phenoxy) is 1. The summed E-state index contributed by atoms with van der Waals surface area (Å²) in [5.74, 6) is 0.496. The third-order valence-corrected chi connectivity index (χ3v) is 4.84. The van der Waals surface area contributed by atoms with Crippen LogP contribution in [-0.2, 0) is 9.59 Å². The highest BCUT2D eigenvalue weighted by Crippen LogP contribution is 2.37. The molecule has 2 N–H and O–H groups in total. The molecule has 3 aromatic rings. The molecule has 3 aromatic carbocycles. The number of fused-ring (bicyclic) bond motifs is 1. The van der Waals surface area contributed by atoms with Gasteiger partial charge in [-0.25, -0.2) is 0 Å². The van der Waals surface area contributed by atoms with Crippen LogP contribution in [0.2, 0.25) is 0 Å². The molecule has 1 aliphatic rings. The van der Waals surface area contributed by atoms with Gasteiger partial charge in [-0.2, -0.15) is 0 Å². The monoisotopic (exact) mass is 398 g/mol. The maximum Gasteiger partial charge on any atom is 0.256 e. The standard InChI is InChI=1S/C25H22N2O3/c1-3-30-24-10-5-4-7-19(24)14-22-21-12-11-18(15-23(21)27-25(22)29)17-8-6-9-20(13-17)26-16(2)28/h4-15H,3H2,1-2H3,(H,26,28)(H,27,29)/b22-14+. The molecule has 0 saturated carbocycles. The molecule has 0 atom stereocenters. The summed E-state index contributed by atoms with van der Waals surface area (Å²) in [4.78, 5) is 24.0. The zero-order valence-electron chi connectivity index (χ0n) is 16.9. The van der Waals surface area contributed by atoms with E-state index in [0.717, 1.165) is 39.4 Å². The van der Waals surface area contributed by atoms with Crippen molar-refractivity contribution in [1.29, 1.82) is 0 Å². The Morgan fingerprint density at radius 3 is 2.63 bits per heavy atom. The van der Waals surface area contributed by atoms with Crippen LogP contribution in [0.15, 0.2) is 66.7 Å². The summed E-state index contributed by atoms with van der Waals surface area (Å²) >= 11 is 0. The summed E-state index contributed by atoms with van der Waals surface area (Å²) in [7, 11) is 0. The van der Waals surface area contributed by atoms with Crippen LogP contribution in [0.1, 0.15) is 25.0 Å². The van der Waals surface area contributed by atoms with Crippen molar-refractivity contribution in [1.82, 2.24) is 0 Å². The van der Waals surface area contributed by atoms with E-state index in [1.54, 1.807) is 0 Å². The Hall–Kier alpha value is -3.86. The van der Waals surface area contributed by atoms with Crippen LogP contribution in [-0.4, -0.2) is 18.4 Å². The van der Waals surface area contributed by atoms with Gasteiger partial charge in [0, 0.05) is 35.0 Å². The summed E-state index contributed by atoms with van der Waals surface area (Å²) in [5, 5.41) is 5.75. The molecule has 0 spiro atoms. The van der Waals surface area contributed by atoms with E-state index < -0.39 is 0 Å². The number of nitrogens with one attached hydrogen (secondary N) is 2. The Balaban J connectivity index is 1.70. The Labute approximate surface area is 175 Å². The van der Waals surface area contributed by atoms with Crippen LogP contribution < -0.4 is 15.4 Å². The Bertz CT molecular complexity index is 1160. The zero-order chi connectivity index (χ0) is 21.1. The van der Waals surface area contributed by atoms with Crippen molar-refractivity contribution in [2.45, 2.75) is 13.8 Å². The number of anilines is 2. The van der Waals surface area contributed by atoms with E-state index in [1.807, 2.05) is 79.7 Å². The van der Waals surface area contributed by atoms with E-state index >= 15 is 0 Å². The first-order valence-corrected chi connectivity index (χ1v) is 9.82. The van der Waals surface area contributed by atoms with E-state index in [1.165, 1.54) is 6.92 Å². The van der Waals surface area contributed by atoms with Gasteiger partial charge in [0.25, 0.3) is 5.91 Å². The van der Waals surface area contributed by atoms with Crippen molar-refractivity contribution >= 4 is 34.8 Å². The Morgan fingerprint density at radius 2 is 1.83 bits per heavy atom. The number of amides is 2. The average molecular weight is 398 g/mol. The molecule has 0 bridgehead atoms. The summed E-state index contributed by atoms with van der Waals surface area (Å²) in [6.07, 6.45) is 1.86. The summed E-state index contributed by atoms with van der Waals surface area (Å²) in [5.41, 5.74) is 5.74. The largest absolute Gasteiger partial charge is 0.493 e. The fourth-order valence-electron chi connectivity index (χ4n) is 3.54. The molecule has 150 valence electrons. The van der Waals surface area contributed by atoms with Crippen LogP contribution >= 0.6 is 0 Å². The van der Waals surface area contributed by atoms with Crippen molar-refractivity contribution in [2.75, 3.05) is 17.2 Å². The zero-order valence-corrected chi connectivity index (χ0v) is 16.9. The fraction of sp³-hybridized carbons (Fsp3) is 0.120. The molecule has 5 heteroatoms. The molecule has 4 rings (SSSR count). The molecule has 30 heavy (non-hydrogen) atoms. The summed E-state index contributed by atoms with van der Waals surface area (Å²) < 4.78 is 5.68. The molecule has 1 heterocycles. The van der Waals surface area contributed by atoms with Crippen LogP contribution in [0.5, 0.6) is 5.75 Å². The topological polar surface area (TPSA) is 67.4 Å². The van der Waals surface area contributed by atoms with Crippen LogP contribution in [0, 0.1) is 0 Å². The number of hydrogen-bond acceptors (Lipinski definition) is 3. The van der Waals surface area contributed by atoms with Crippen LogP contribution in [0.4, 0.5) is 11.4 Å². The van der Waals surface area contributed by atoms with Gasteiger partial charge >= 0.3 is 0 Å². The Morgan fingerprint density at radius 1 is 1.03 bits per heavy atom. The molecular weight excluding hydrogens is 376 g/mol. The van der Waals surface area contributed by atoms with Crippen molar-refractivity contribution in [3.63, 3.8) is 0 Å². The second kappa shape index (κ2) is 8.25. The van der Waals surface area contributed by atoms with Crippen LogP contribution in [0.3, 0.4) is 0 Å². The lowest BCUT2D eigenvalue weighted by Gasteiger charge is -2.08. The first kappa shape index (κ1) is 19.5. The van der Waals surface area contributed by atoms with Gasteiger partial charge in [0.05, 0.1) is 6.61 Å². The van der Waals surface area contributed by atoms with Gasteiger partial charge in [-0.3, -0.25) is 9.59 Å². The quantitative estimate of drug-likeness (QED) is 0.580. The molecule has 0 radical (unpaired) electrons. The van der Waals surface area contributed by atoms with Crippen molar-refractivity contribution in [3.8, 4) is 16.9 Å². The number of benzene rings is 3. The van der Waals surface area contributed by atoms with Crippen LogP contribution in [0.25, 0.3) is 22.8 Å². The number of hydrogen-bond donors (Lipinski definition) is 2. The molecule has 0 unspecified atom stereocenters. The minimum absolute atomic E-state index is 0.115. The second-order valence-electron chi connectivity index (χ2n) is 7.01. The minimum Gasteiger partial charge on any atom is -0.493 e. The molecular formula is C25H22N2O3. The van der Waals surface area contributed by atoms with Gasteiger partial charge in [-0.1, -0.05) is 42.5 Å². The highest BCUT2D eigenvalue weighted by molar-refractivity contribution is 6.35. The molecule has 0 aliphatic carbocycles. The maximum absolute atomic E-state index is 12.7. The SMILES string of the molecule is CCOc1ccccc1/C=C1/C(=O)Nc2cc(-c3cccc(NC(C)=O)c3)ccc21. The molecule has 2 amide bonds. The van der Waals surface area contributed by atoms with Crippen molar-refractivity contribution in [3.05, 3.63) is 77.9 Å². The fourth-order valence-corrected chi connectivity index (χ4v) is 3.54. The maximum atomic E-state index is 12.7. The predicted molar refractivity (Wildman–Crippen MR) is 120 cm³/mol. The molecule has 1 aliphatic heterocycles. The molecule has 0 aromatic heterocycles. The van der Waals surface area contributed by atoms with E-state index in [-0.39, 0.29) is 11.8 Å². The molecule has 0 fully saturated rings. The molecule has 0 saturated heterocycles. The van der Waals surface area contributed by atoms with Gasteiger partial charge in [-0.15, -0.1) is 0 Å². The van der Waals surface area contributed by atoms with E-state index in [2.05, 4.69) is 10.6 Å². The van der Waals surface area contributed by atoms with E-state index in [9.17, 15) is 9.59 Å². The Kier molecular flexibility index (Phi) is 5.35. The predicted octanol–water partition coefficient (Wildman–Crippen LogP) is 5.20. The second-order valence-corrected chi connectivity index (χ2v) is 7.01. The minimum atomic E-state index is -0.138. The van der Waals surface area contributed by atoms with Gasteiger partial charge < -0.3 is 15.4 Å². The number of rotatable bonds is 5. The average Bonchev–Trinajstić information content (AvgIpc) is 3.04.